The first-order valence-electron chi connectivity index (χ1n) is 8.82. The van der Waals surface area contributed by atoms with Gasteiger partial charge in [-0.2, -0.15) is 9.50 Å². The third-order valence-corrected chi connectivity index (χ3v) is 5.40. The molecule has 0 fully saturated rings. The van der Waals surface area contributed by atoms with Crippen LogP contribution < -0.4 is 24.3 Å². The van der Waals surface area contributed by atoms with Gasteiger partial charge in [0.1, 0.15) is 0 Å². The van der Waals surface area contributed by atoms with Crippen molar-refractivity contribution in [2.75, 3.05) is 21.3 Å². The van der Waals surface area contributed by atoms with E-state index in [1.807, 2.05) is 37.3 Å². The van der Waals surface area contributed by atoms with Crippen LogP contribution >= 0.6 is 11.3 Å². The van der Waals surface area contributed by atoms with E-state index >= 15 is 0 Å². The van der Waals surface area contributed by atoms with Crippen LogP contribution in [0.3, 0.4) is 0 Å². The number of hydrogen-bond acceptors (Lipinski definition) is 7. The first-order chi connectivity index (χ1) is 14.0. The molecule has 0 unspecified atom stereocenters. The molecule has 0 aliphatic heterocycles. The van der Waals surface area contributed by atoms with Crippen LogP contribution in [0.2, 0.25) is 0 Å². The van der Waals surface area contributed by atoms with Gasteiger partial charge in [0.2, 0.25) is 10.7 Å². The van der Waals surface area contributed by atoms with Crippen molar-refractivity contribution in [1.29, 1.82) is 0 Å². The summed E-state index contributed by atoms with van der Waals surface area (Å²) >= 11 is 1.30. The molecule has 0 atom stereocenters. The van der Waals surface area contributed by atoms with E-state index in [1.54, 1.807) is 33.5 Å². The minimum atomic E-state index is -0.197. The molecular formula is C21H19N3O4S. The first-order valence-corrected chi connectivity index (χ1v) is 9.64. The summed E-state index contributed by atoms with van der Waals surface area (Å²) in [7, 11) is 4.63. The highest BCUT2D eigenvalue weighted by molar-refractivity contribution is 7.15. The molecule has 0 aliphatic rings. The monoisotopic (exact) mass is 409 g/mol. The molecule has 0 saturated carbocycles. The van der Waals surface area contributed by atoms with Gasteiger partial charge >= 0.3 is 0 Å². The summed E-state index contributed by atoms with van der Waals surface area (Å²) in [5.41, 5.74) is 2.57. The summed E-state index contributed by atoms with van der Waals surface area (Å²) < 4.78 is 18.0. The Kier molecular flexibility index (Phi) is 4.94. The van der Waals surface area contributed by atoms with Gasteiger partial charge in [-0.1, -0.05) is 41.2 Å². The Balaban J connectivity index is 1.81. The summed E-state index contributed by atoms with van der Waals surface area (Å²) in [5, 5.41) is 4.40. The lowest BCUT2D eigenvalue weighted by Gasteiger charge is -2.12. The maximum Gasteiger partial charge on any atom is 0.291 e. The second-order valence-electron chi connectivity index (χ2n) is 6.37. The van der Waals surface area contributed by atoms with Crippen molar-refractivity contribution in [3.8, 4) is 28.6 Å². The van der Waals surface area contributed by atoms with Crippen LogP contribution in [-0.2, 0) is 0 Å². The number of methoxy groups -OCH3 is 3. The van der Waals surface area contributed by atoms with Crippen LogP contribution in [0.25, 0.3) is 22.4 Å². The number of rotatable bonds is 5. The summed E-state index contributed by atoms with van der Waals surface area (Å²) in [5.74, 6) is 1.89. The maximum absolute atomic E-state index is 12.8. The molecule has 7 nitrogen and oxygen atoms in total. The Morgan fingerprint density at radius 1 is 1.03 bits per heavy atom. The normalized spacial score (nSPS) is 11.8. The van der Waals surface area contributed by atoms with Crippen LogP contribution in [0, 0.1) is 6.92 Å². The fourth-order valence-corrected chi connectivity index (χ4v) is 3.99. The van der Waals surface area contributed by atoms with Crippen molar-refractivity contribution in [2.45, 2.75) is 6.92 Å². The molecule has 8 heteroatoms. The number of fused-ring (bicyclic) bond motifs is 1. The third kappa shape index (κ3) is 3.42. The number of thiazole rings is 1. The van der Waals surface area contributed by atoms with Gasteiger partial charge in [-0.15, -0.1) is 5.10 Å². The van der Waals surface area contributed by atoms with Gasteiger partial charge in [-0.3, -0.25) is 4.79 Å². The Bertz CT molecular complexity index is 1280. The molecule has 29 heavy (non-hydrogen) atoms. The van der Waals surface area contributed by atoms with Crippen LogP contribution in [-0.4, -0.2) is 35.9 Å². The van der Waals surface area contributed by atoms with Crippen LogP contribution in [0.15, 0.2) is 41.2 Å². The van der Waals surface area contributed by atoms with Crippen molar-refractivity contribution < 1.29 is 14.2 Å². The third-order valence-electron chi connectivity index (χ3n) is 4.44. The fraction of sp³-hybridized carbons (Fsp3) is 0.190. The van der Waals surface area contributed by atoms with Gasteiger partial charge < -0.3 is 14.2 Å². The number of nitrogens with zero attached hydrogens (tertiary/aromatic N) is 3. The van der Waals surface area contributed by atoms with E-state index in [0.717, 1.165) is 11.1 Å². The predicted octanol–water partition coefficient (Wildman–Crippen LogP) is 2.70. The number of ether oxygens (including phenoxy) is 3. The van der Waals surface area contributed by atoms with E-state index in [9.17, 15) is 4.79 Å². The highest BCUT2D eigenvalue weighted by Gasteiger charge is 2.18. The zero-order valence-corrected chi connectivity index (χ0v) is 17.2. The van der Waals surface area contributed by atoms with Crippen molar-refractivity contribution >= 4 is 22.4 Å². The summed E-state index contributed by atoms with van der Waals surface area (Å²) in [6, 6.07) is 11.5. The van der Waals surface area contributed by atoms with Crippen molar-refractivity contribution in [3.05, 3.63) is 62.4 Å². The van der Waals surface area contributed by atoms with E-state index in [1.165, 1.54) is 15.9 Å². The van der Waals surface area contributed by atoms with E-state index in [-0.39, 0.29) is 5.56 Å². The molecule has 0 aliphatic carbocycles. The zero-order valence-electron chi connectivity index (χ0n) is 16.4. The molecule has 0 radical (unpaired) electrons. The smallest absolute Gasteiger partial charge is 0.291 e. The van der Waals surface area contributed by atoms with Gasteiger partial charge in [0.15, 0.2) is 17.3 Å². The Morgan fingerprint density at radius 2 is 1.76 bits per heavy atom. The minimum Gasteiger partial charge on any atom is -0.493 e. The molecule has 4 rings (SSSR count). The lowest BCUT2D eigenvalue weighted by atomic mass is 10.1. The Morgan fingerprint density at radius 3 is 2.34 bits per heavy atom. The number of aromatic nitrogens is 3. The average Bonchev–Trinajstić information content (AvgIpc) is 3.26. The molecule has 148 valence electrons. The second kappa shape index (κ2) is 7.56. The molecule has 0 N–H and O–H groups in total. The molecule has 2 aromatic carbocycles. The number of benzene rings is 2. The van der Waals surface area contributed by atoms with Crippen molar-refractivity contribution in [3.63, 3.8) is 0 Å². The summed E-state index contributed by atoms with van der Waals surface area (Å²) in [4.78, 5) is 17.8. The number of aryl methyl sites for hydroxylation is 1. The van der Waals surface area contributed by atoms with Crippen molar-refractivity contribution in [2.24, 2.45) is 0 Å². The molecule has 0 amide bonds. The van der Waals surface area contributed by atoms with Gasteiger partial charge in [0.05, 0.1) is 25.9 Å². The molecule has 0 spiro atoms. The molecule has 0 saturated heterocycles. The average molecular weight is 409 g/mol. The van der Waals surface area contributed by atoms with E-state index < -0.39 is 0 Å². The van der Waals surface area contributed by atoms with E-state index in [4.69, 9.17) is 14.2 Å². The highest BCUT2D eigenvalue weighted by Crippen LogP contribution is 2.40. The topological polar surface area (TPSA) is 75.0 Å². The lowest BCUT2D eigenvalue weighted by molar-refractivity contribution is 0.324. The Labute approximate surface area is 170 Å². The molecule has 0 bridgehead atoms. The Hall–Kier alpha value is -3.39. The van der Waals surface area contributed by atoms with Gasteiger partial charge in [0.25, 0.3) is 5.56 Å². The zero-order chi connectivity index (χ0) is 20.5. The lowest BCUT2D eigenvalue weighted by Crippen LogP contribution is -2.23. The predicted molar refractivity (Wildman–Crippen MR) is 112 cm³/mol. The van der Waals surface area contributed by atoms with E-state index in [0.29, 0.717) is 38.1 Å². The second-order valence-corrected chi connectivity index (χ2v) is 7.38. The minimum absolute atomic E-state index is 0.197. The SMILES string of the molecule is COc1cc(-c2nc3s/c(=C\c4cccc(C)c4)c(=O)n3n2)cc(OC)c1OC. The van der Waals surface area contributed by atoms with Crippen LogP contribution in [0.4, 0.5) is 0 Å². The molecule has 2 heterocycles. The van der Waals surface area contributed by atoms with Gasteiger partial charge in [0, 0.05) is 5.56 Å². The largest absolute Gasteiger partial charge is 0.493 e. The number of hydrogen-bond donors (Lipinski definition) is 0. The van der Waals surface area contributed by atoms with Crippen LogP contribution in [0.1, 0.15) is 11.1 Å². The molecule has 2 aromatic heterocycles. The summed E-state index contributed by atoms with van der Waals surface area (Å²) in [6.45, 7) is 2.02. The molecular weight excluding hydrogens is 390 g/mol. The quantitative estimate of drug-likeness (QED) is 0.505. The van der Waals surface area contributed by atoms with Crippen LogP contribution in [0.5, 0.6) is 17.2 Å². The fourth-order valence-electron chi connectivity index (χ4n) is 3.08. The van der Waals surface area contributed by atoms with E-state index in [2.05, 4.69) is 10.1 Å². The van der Waals surface area contributed by atoms with Gasteiger partial charge in [-0.25, -0.2) is 0 Å². The highest BCUT2D eigenvalue weighted by atomic mass is 32.1. The summed E-state index contributed by atoms with van der Waals surface area (Å²) in [6.07, 6.45) is 1.86. The maximum atomic E-state index is 12.8. The first kappa shape index (κ1) is 18.9. The van der Waals surface area contributed by atoms with Gasteiger partial charge in [-0.05, 0) is 30.7 Å². The standard InChI is InChI=1S/C21H19N3O4S/c1-12-6-5-7-13(8-12)9-17-20(25)24-21(29-17)22-19(23-24)14-10-15(26-2)18(28-4)16(11-14)27-3/h5-11H,1-4H3/b17-9-. The van der Waals surface area contributed by atoms with Crippen molar-refractivity contribution in [1.82, 2.24) is 14.6 Å². The molecule has 4 aromatic rings.